The van der Waals surface area contributed by atoms with Gasteiger partial charge >= 0.3 is 5.97 Å². The van der Waals surface area contributed by atoms with Crippen molar-refractivity contribution in [3.8, 4) is 33.8 Å². The molecular formula is C31H24F4O4. The van der Waals surface area contributed by atoms with E-state index < -0.39 is 41.1 Å². The first-order chi connectivity index (χ1) is 18.7. The Kier molecular flexibility index (Phi) is 8.46. The normalized spacial score (nSPS) is 11.6. The lowest BCUT2D eigenvalue weighted by molar-refractivity contribution is 0.0726. The number of halogens is 4. The van der Waals surface area contributed by atoms with E-state index in [1.807, 2.05) is 0 Å². The number of aliphatic hydroxyl groups excluding tert-OH is 1. The minimum Gasteiger partial charge on any atom is -0.490 e. The van der Waals surface area contributed by atoms with Crippen molar-refractivity contribution in [2.24, 2.45) is 0 Å². The third-order valence-corrected chi connectivity index (χ3v) is 6.01. The molecule has 0 saturated heterocycles. The summed E-state index contributed by atoms with van der Waals surface area (Å²) < 4.78 is 68.8. The van der Waals surface area contributed by atoms with Crippen LogP contribution in [0.4, 0.5) is 17.6 Å². The van der Waals surface area contributed by atoms with Gasteiger partial charge < -0.3 is 14.6 Å². The van der Waals surface area contributed by atoms with Crippen molar-refractivity contribution < 1.29 is 36.9 Å². The van der Waals surface area contributed by atoms with Crippen LogP contribution in [0.2, 0.25) is 0 Å². The van der Waals surface area contributed by atoms with Gasteiger partial charge in [0.15, 0.2) is 23.1 Å². The van der Waals surface area contributed by atoms with E-state index in [2.05, 4.69) is 6.58 Å². The lowest BCUT2D eigenvalue weighted by Gasteiger charge is -2.11. The third kappa shape index (κ3) is 6.02. The quantitative estimate of drug-likeness (QED) is 0.0780. The first-order valence-corrected chi connectivity index (χ1v) is 12.0. The van der Waals surface area contributed by atoms with Crippen LogP contribution in [0.3, 0.4) is 0 Å². The molecule has 1 N–H and O–H groups in total. The Morgan fingerprint density at radius 1 is 0.795 bits per heavy atom. The molecule has 0 heterocycles. The molecule has 0 aromatic heterocycles. The van der Waals surface area contributed by atoms with Gasteiger partial charge in [0, 0.05) is 11.1 Å². The van der Waals surface area contributed by atoms with Crippen molar-refractivity contribution in [2.75, 3.05) is 6.61 Å². The van der Waals surface area contributed by atoms with Crippen LogP contribution in [0.1, 0.15) is 35.4 Å². The SMILES string of the molecule is C=CCCOc1ccc(-c2ccc(C(=O)Oc3ccc(-c4ccc(C(C)O)cc4)c(F)c3F)cc2)c(F)c1F. The third-order valence-electron chi connectivity index (χ3n) is 6.01. The van der Waals surface area contributed by atoms with Gasteiger partial charge in [0.05, 0.1) is 18.3 Å². The standard InChI is InChI=1S/C31H24F4O4/c1-3-4-17-38-25-15-13-23(27(32)29(25)34)21-9-11-22(12-10-21)31(37)39-26-16-14-24(28(33)30(26)35)20-7-5-19(6-8-20)18(2)36/h3,5-16,18,36H,1,4,17H2,2H3. The molecule has 0 bridgehead atoms. The second kappa shape index (κ2) is 12.0. The molecule has 4 rings (SSSR count). The number of hydrogen-bond donors (Lipinski definition) is 1. The highest BCUT2D eigenvalue weighted by Gasteiger charge is 2.20. The van der Waals surface area contributed by atoms with Gasteiger partial charge in [-0.3, -0.25) is 0 Å². The molecule has 0 aliphatic carbocycles. The molecule has 4 nitrogen and oxygen atoms in total. The van der Waals surface area contributed by atoms with Gasteiger partial charge in [-0.25, -0.2) is 13.6 Å². The number of rotatable bonds is 9. The van der Waals surface area contributed by atoms with Crippen LogP contribution in [0.15, 0.2) is 85.5 Å². The van der Waals surface area contributed by atoms with Crippen LogP contribution in [0, 0.1) is 23.3 Å². The number of carbonyl (C=O) groups is 1. The Bertz CT molecular complexity index is 1500. The summed E-state index contributed by atoms with van der Waals surface area (Å²) in [4.78, 5) is 12.6. The molecule has 0 spiro atoms. The van der Waals surface area contributed by atoms with Gasteiger partial charge in [0.25, 0.3) is 0 Å². The van der Waals surface area contributed by atoms with Gasteiger partial charge in [0.2, 0.25) is 11.6 Å². The monoisotopic (exact) mass is 536 g/mol. The van der Waals surface area contributed by atoms with E-state index in [4.69, 9.17) is 9.47 Å². The highest BCUT2D eigenvalue weighted by Crippen LogP contribution is 2.32. The van der Waals surface area contributed by atoms with E-state index in [-0.39, 0.29) is 34.6 Å². The average molecular weight is 537 g/mol. The Morgan fingerprint density at radius 3 is 1.85 bits per heavy atom. The highest BCUT2D eigenvalue weighted by molar-refractivity contribution is 5.91. The largest absolute Gasteiger partial charge is 0.490 e. The number of carbonyl (C=O) groups excluding carboxylic acids is 1. The fourth-order valence-electron chi connectivity index (χ4n) is 3.84. The number of benzene rings is 4. The fraction of sp³-hybridized carbons (Fsp3) is 0.129. The zero-order valence-electron chi connectivity index (χ0n) is 20.9. The maximum absolute atomic E-state index is 14.8. The summed E-state index contributed by atoms with van der Waals surface area (Å²) in [6.45, 7) is 5.28. The number of ether oxygens (including phenoxy) is 2. The minimum absolute atomic E-state index is 0.0124. The van der Waals surface area contributed by atoms with Crippen LogP contribution in [-0.4, -0.2) is 17.7 Å². The van der Waals surface area contributed by atoms with Gasteiger partial charge in [-0.15, -0.1) is 6.58 Å². The van der Waals surface area contributed by atoms with Crippen molar-refractivity contribution in [1.82, 2.24) is 0 Å². The zero-order valence-corrected chi connectivity index (χ0v) is 20.9. The maximum Gasteiger partial charge on any atom is 0.343 e. The van der Waals surface area contributed by atoms with Gasteiger partial charge in [-0.05, 0) is 66.4 Å². The van der Waals surface area contributed by atoms with Crippen LogP contribution in [-0.2, 0) is 0 Å². The van der Waals surface area contributed by atoms with Crippen LogP contribution in [0.25, 0.3) is 22.3 Å². The van der Waals surface area contributed by atoms with E-state index in [0.717, 1.165) is 6.07 Å². The lowest BCUT2D eigenvalue weighted by atomic mass is 10.0. The molecule has 0 radical (unpaired) electrons. The Labute approximate surface area is 222 Å². The number of aliphatic hydroxyl groups is 1. The Balaban J connectivity index is 1.49. The summed E-state index contributed by atoms with van der Waals surface area (Å²) in [5.74, 6) is -6.59. The molecule has 0 aliphatic heterocycles. The van der Waals surface area contributed by atoms with E-state index in [1.165, 1.54) is 42.5 Å². The molecule has 0 saturated carbocycles. The van der Waals surface area contributed by atoms with E-state index in [1.54, 1.807) is 37.3 Å². The molecule has 0 amide bonds. The summed E-state index contributed by atoms with van der Waals surface area (Å²) in [5, 5.41) is 9.62. The molecule has 4 aromatic carbocycles. The van der Waals surface area contributed by atoms with Crippen LogP contribution < -0.4 is 9.47 Å². The number of hydrogen-bond acceptors (Lipinski definition) is 4. The molecule has 4 aromatic rings. The molecule has 0 fully saturated rings. The minimum atomic E-state index is -1.34. The average Bonchev–Trinajstić information content (AvgIpc) is 2.94. The van der Waals surface area contributed by atoms with E-state index in [9.17, 15) is 27.5 Å². The summed E-state index contributed by atoms with van der Waals surface area (Å²) in [5.41, 5.74) is 1.18. The summed E-state index contributed by atoms with van der Waals surface area (Å²) in [6, 6.07) is 16.7. The first-order valence-electron chi connectivity index (χ1n) is 12.0. The van der Waals surface area contributed by atoms with Gasteiger partial charge in [-0.1, -0.05) is 42.5 Å². The van der Waals surface area contributed by atoms with Crippen molar-refractivity contribution >= 4 is 5.97 Å². The second-order valence-corrected chi connectivity index (χ2v) is 8.67. The molecule has 200 valence electrons. The van der Waals surface area contributed by atoms with Gasteiger partial charge in [0.1, 0.15) is 0 Å². The summed E-state index contributed by atoms with van der Waals surface area (Å²) in [7, 11) is 0. The predicted molar refractivity (Wildman–Crippen MR) is 139 cm³/mol. The van der Waals surface area contributed by atoms with Gasteiger partial charge in [-0.2, -0.15) is 8.78 Å². The topological polar surface area (TPSA) is 55.8 Å². The smallest absolute Gasteiger partial charge is 0.343 e. The highest BCUT2D eigenvalue weighted by atomic mass is 19.2. The molecule has 1 atom stereocenters. The van der Waals surface area contributed by atoms with Crippen molar-refractivity contribution in [2.45, 2.75) is 19.4 Å². The molecule has 8 heteroatoms. The number of esters is 1. The van der Waals surface area contributed by atoms with Crippen molar-refractivity contribution in [3.05, 3.63) is 120 Å². The molecule has 0 aliphatic rings. The van der Waals surface area contributed by atoms with Crippen LogP contribution in [0.5, 0.6) is 11.5 Å². The van der Waals surface area contributed by atoms with Crippen LogP contribution >= 0.6 is 0 Å². The van der Waals surface area contributed by atoms with Crippen molar-refractivity contribution in [1.29, 1.82) is 0 Å². The zero-order chi connectivity index (χ0) is 28.1. The molecular weight excluding hydrogens is 512 g/mol. The second-order valence-electron chi connectivity index (χ2n) is 8.67. The Morgan fingerprint density at radius 2 is 1.31 bits per heavy atom. The maximum atomic E-state index is 14.8. The summed E-state index contributed by atoms with van der Waals surface area (Å²) >= 11 is 0. The molecule has 1 unspecified atom stereocenters. The first kappa shape index (κ1) is 27.6. The lowest BCUT2D eigenvalue weighted by Crippen LogP contribution is -2.10. The predicted octanol–water partition coefficient (Wildman–Crippen LogP) is 7.80. The van der Waals surface area contributed by atoms with E-state index in [0.29, 0.717) is 17.5 Å². The summed E-state index contributed by atoms with van der Waals surface area (Å²) in [6.07, 6.45) is 1.36. The fourth-order valence-corrected chi connectivity index (χ4v) is 3.84. The molecule has 39 heavy (non-hydrogen) atoms. The van der Waals surface area contributed by atoms with E-state index >= 15 is 0 Å². The Hall–Kier alpha value is -4.43. The van der Waals surface area contributed by atoms with Crippen molar-refractivity contribution in [3.63, 3.8) is 0 Å².